The molecule has 0 spiro atoms. The Bertz CT molecular complexity index is 937. The number of allylic oxidation sites excluding steroid dienone is 2. The van der Waals surface area contributed by atoms with Crippen molar-refractivity contribution in [2.24, 2.45) is 0 Å². The average Bonchev–Trinajstić information content (AvgIpc) is 2.84. The lowest BCUT2D eigenvalue weighted by atomic mass is 10.0. The van der Waals surface area contributed by atoms with Gasteiger partial charge in [0.25, 0.3) is 0 Å². The second-order valence-electron chi connectivity index (χ2n) is 12.9. The smallest absolute Gasteiger partial charge is 0.242 e. The second-order valence-corrected chi connectivity index (χ2v) is 21.8. The van der Waals surface area contributed by atoms with Crippen molar-refractivity contribution in [3.63, 3.8) is 0 Å². The summed E-state index contributed by atoms with van der Waals surface area (Å²) in [5, 5.41) is 0. The van der Waals surface area contributed by atoms with Gasteiger partial charge in [0.05, 0.1) is 0 Å². The van der Waals surface area contributed by atoms with Gasteiger partial charge in [-0.3, -0.25) is 0 Å². The number of aryl methyl sites for hydroxylation is 4. The molecule has 2 nitrogen and oxygen atoms in total. The molecule has 0 amide bonds. The van der Waals surface area contributed by atoms with Gasteiger partial charge >= 0.3 is 0 Å². The largest absolute Gasteiger partial charge is 0.542 e. The van der Waals surface area contributed by atoms with Crippen LogP contribution in [0.4, 0.5) is 0 Å². The quantitative estimate of drug-likeness (QED) is 0.354. The van der Waals surface area contributed by atoms with E-state index in [4.69, 9.17) is 8.85 Å². The molecule has 0 aromatic heterocycles. The zero-order valence-electron chi connectivity index (χ0n) is 25.1. The first-order valence-corrected chi connectivity index (χ1v) is 21.8. The van der Waals surface area contributed by atoms with Crippen molar-refractivity contribution in [2.75, 3.05) is 0 Å². The molecule has 38 heavy (non-hydrogen) atoms. The van der Waals surface area contributed by atoms with Crippen molar-refractivity contribution in [3.8, 4) is 0 Å². The molecule has 2 aromatic carbocycles. The van der Waals surface area contributed by atoms with Gasteiger partial charge in [-0.2, -0.15) is 0 Å². The van der Waals surface area contributed by atoms with Crippen LogP contribution in [0.3, 0.4) is 0 Å². The van der Waals surface area contributed by atoms with Crippen molar-refractivity contribution < 1.29 is 8.85 Å². The third-order valence-electron chi connectivity index (χ3n) is 6.83. The summed E-state index contributed by atoms with van der Waals surface area (Å²) >= 11 is 0. The maximum Gasteiger partial charge on any atom is 0.242 e. The first kappa shape index (κ1) is 30.5. The van der Waals surface area contributed by atoms with Gasteiger partial charge in [0, 0.05) is 0 Å². The lowest BCUT2D eigenvalue weighted by Gasteiger charge is -2.28. The first-order chi connectivity index (χ1) is 18.1. The Balaban J connectivity index is 1.83. The molecule has 4 aliphatic carbocycles. The standard InChI is InChI=1S/C34H52O2Si2/c1-37(2,3)35-33-19-13-17-31-25-21-29(22-26-31)15-11-9-7-8-10-12-16-30-23-27-32(28-24-30)18-14-20-34(33)36-38(4,5)6/h19-28H,7-18H2,1-6H3/b33-19-,34-20-. The minimum Gasteiger partial charge on any atom is -0.542 e. The molecule has 208 valence electrons. The molecule has 6 rings (SSSR count). The highest BCUT2D eigenvalue weighted by atomic mass is 28.4. The maximum absolute atomic E-state index is 6.64. The molecule has 4 aliphatic rings. The average molecular weight is 549 g/mol. The van der Waals surface area contributed by atoms with Crippen LogP contribution in [0.1, 0.15) is 73.6 Å². The van der Waals surface area contributed by atoms with Crippen LogP contribution in [-0.2, 0) is 34.5 Å². The van der Waals surface area contributed by atoms with Gasteiger partial charge in [0.1, 0.15) is 11.5 Å². The van der Waals surface area contributed by atoms with Crippen LogP contribution in [0.2, 0.25) is 39.3 Å². The molecule has 4 heteroatoms. The molecule has 0 saturated carbocycles. The van der Waals surface area contributed by atoms with Gasteiger partial charge < -0.3 is 8.85 Å². The summed E-state index contributed by atoms with van der Waals surface area (Å²) in [5.74, 6) is 1.90. The van der Waals surface area contributed by atoms with E-state index in [9.17, 15) is 0 Å². The van der Waals surface area contributed by atoms with Gasteiger partial charge in [-0.1, -0.05) is 74.2 Å². The SMILES string of the molecule is C[Si](C)(C)OC1=C\CCc2ccc(cc2)CCCCCCCCc2ccc(cc2)CC\C=C\1O[Si](C)(C)C. The molecule has 0 N–H and O–H groups in total. The fraction of sp³-hybridized carbons (Fsp3) is 0.529. The van der Waals surface area contributed by atoms with Gasteiger partial charge in [-0.15, -0.1) is 0 Å². The predicted octanol–water partition coefficient (Wildman–Crippen LogP) is 10.2. The van der Waals surface area contributed by atoms with E-state index < -0.39 is 16.6 Å². The van der Waals surface area contributed by atoms with E-state index in [-0.39, 0.29) is 0 Å². The molecule has 0 aliphatic heterocycles. The second kappa shape index (κ2) is 14.9. The number of hydrogen-bond donors (Lipinski definition) is 0. The molecule has 0 atom stereocenters. The van der Waals surface area contributed by atoms with Crippen LogP contribution in [0.5, 0.6) is 0 Å². The summed E-state index contributed by atoms with van der Waals surface area (Å²) in [6.07, 6.45) is 18.9. The topological polar surface area (TPSA) is 18.5 Å². The van der Waals surface area contributed by atoms with Crippen molar-refractivity contribution >= 4 is 16.6 Å². The molecule has 0 fully saturated rings. The Kier molecular flexibility index (Phi) is 12.0. The van der Waals surface area contributed by atoms with Crippen LogP contribution < -0.4 is 0 Å². The summed E-state index contributed by atoms with van der Waals surface area (Å²) in [4.78, 5) is 0. The number of benzene rings is 2. The summed E-state index contributed by atoms with van der Waals surface area (Å²) < 4.78 is 13.3. The summed E-state index contributed by atoms with van der Waals surface area (Å²) in [6.45, 7) is 13.5. The highest BCUT2D eigenvalue weighted by Crippen LogP contribution is 2.25. The first-order valence-electron chi connectivity index (χ1n) is 15.0. The molecule has 0 radical (unpaired) electrons. The Morgan fingerprint density at radius 3 is 1.03 bits per heavy atom. The molecular weight excluding hydrogens is 497 g/mol. The van der Waals surface area contributed by atoms with E-state index in [1.807, 2.05) is 0 Å². The minimum atomic E-state index is -1.80. The molecule has 2 aromatic rings. The Hall–Kier alpha value is -2.05. The molecular formula is C34H52O2Si2. The van der Waals surface area contributed by atoms with Crippen molar-refractivity contribution in [2.45, 2.75) is 116 Å². The fourth-order valence-corrected chi connectivity index (χ4v) is 6.58. The van der Waals surface area contributed by atoms with Gasteiger partial charge in [-0.05, 0) is 125 Å². The number of rotatable bonds is 4. The lowest BCUT2D eigenvalue weighted by Crippen LogP contribution is -2.30. The normalized spacial score (nSPS) is 20.1. The van der Waals surface area contributed by atoms with E-state index >= 15 is 0 Å². The van der Waals surface area contributed by atoms with Crippen LogP contribution >= 0.6 is 0 Å². The van der Waals surface area contributed by atoms with Gasteiger partial charge in [0.15, 0.2) is 0 Å². The van der Waals surface area contributed by atoms with Crippen LogP contribution in [0, 0.1) is 0 Å². The zero-order chi connectivity index (χ0) is 27.4. The molecule has 0 heterocycles. The van der Waals surface area contributed by atoms with Crippen molar-refractivity contribution in [1.29, 1.82) is 0 Å². The highest BCUT2D eigenvalue weighted by molar-refractivity contribution is 6.70. The minimum absolute atomic E-state index is 0.951. The monoisotopic (exact) mass is 548 g/mol. The van der Waals surface area contributed by atoms with Gasteiger partial charge in [0.2, 0.25) is 16.6 Å². The van der Waals surface area contributed by atoms with Crippen LogP contribution in [-0.4, -0.2) is 16.6 Å². The van der Waals surface area contributed by atoms with E-state index in [1.54, 1.807) is 0 Å². The van der Waals surface area contributed by atoms with E-state index in [0.29, 0.717) is 0 Å². The van der Waals surface area contributed by atoms with E-state index in [0.717, 1.165) is 37.2 Å². The third kappa shape index (κ3) is 12.2. The van der Waals surface area contributed by atoms with E-state index in [2.05, 4.69) is 100.0 Å². The molecule has 0 unspecified atom stereocenters. The van der Waals surface area contributed by atoms with E-state index in [1.165, 1.54) is 73.6 Å². The zero-order valence-corrected chi connectivity index (χ0v) is 27.1. The summed E-state index contributed by atoms with van der Waals surface area (Å²) in [5.41, 5.74) is 5.73. The molecule has 4 bridgehead atoms. The predicted molar refractivity (Wildman–Crippen MR) is 170 cm³/mol. The van der Waals surface area contributed by atoms with Crippen molar-refractivity contribution in [3.05, 3.63) is 94.5 Å². The molecule has 0 saturated heterocycles. The maximum atomic E-state index is 6.64. The fourth-order valence-electron chi connectivity index (χ4n) is 4.90. The third-order valence-corrected chi connectivity index (χ3v) is 8.49. The summed E-state index contributed by atoms with van der Waals surface area (Å²) in [7, 11) is -3.60. The highest BCUT2D eigenvalue weighted by Gasteiger charge is 2.24. The Labute approximate surface area is 235 Å². The van der Waals surface area contributed by atoms with Crippen molar-refractivity contribution in [1.82, 2.24) is 0 Å². The van der Waals surface area contributed by atoms with Crippen LogP contribution in [0.15, 0.2) is 72.2 Å². The Morgan fingerprint density at radius 2 is 0.711 bits per heavy atom. The number of hydrogen-bond acceptors (Lipinski definition) is 2. The Morgan fingerprint density at radius 1 is 0.421 bits per heavy atom. The summed E-state index contributed by atoms with van der Waals surface area (Å²) in [6, 6.07) is 18.6. The van der Waals surface area contributed by atoms with Crippen LogP contribution in [0.25, 0.3) is 0 Å². The lowest BCUT2D eigenvalue weighted by molar-refractivity contribution is 0.339. The van der Waals surface area contributed by atoms with Gasteiger partial charge in [-0.25, -0.2) is 0 Å².